The first-order chi connectivity index (χ1) is 21.6. The number of unbranched alkanes of at least 4 members (excludes halogenated alkanes) is 9. The third-order valence-electron chi connectivity index (χ3n) is 7.19. The van der Waals surface area contributed by atoms with Crippen molar-refractivity contribution < 1.29 is 66.6 Å². The van der Waals surface area contributed by atoms with Gasteiger partial charge >= 0.3 is 41.8 Å². The maximum absolute atomic E-state index is 14.2. The van der Waals surface area contributed by atoms with Crippen LogP contribution in [0.4, 0.5) is 57.1 Å². The van der Waals surface area contributed by atoms with Gasteiger partial charge in [-0.15, -0.1) is 11.8 Å². The number of esters is 1. The van der Waals surface area contributed by atoms with Crippen molar-refractivity contribution in [3.05, 3.63) is 0 Å². The molecule has 0 amide bonds. The summed E-state index contributed by atoms with van der Waals surface area (Å²) in [6.45, 7) is 4.20. The van der Waals surface area contributed by atoms with Crippen LogP contribution >= 0.6 is 35.7 Å². The van der Waals surface area contributed by atoms with Gasteiger partial charge in [-0.25, -0.2) is 0 Å². The fraction of sp³-hybridized carbons (Fsp3) is 0.897. The van der Waals surface area contributed by atoms with E-state index >= 15 is 0 Å². The molecule has 0 radical (unpaired) electrons. The van der Waals surface area contributed by atoms with Gasteiger partial charge in [-0.1, -0.05) is 88.7 Å². The zero-order chi connectivity index (χ0) is 37.9. The monoisotopic (exact) mass is 777 g/mol. The lowest BCUT2D eigenvalue weighted by molar-refractivity contribution is -0.440. The van der Waals surface area contributed by atoms with Crippen LogP contribution in [0, 0.1) is 16.7 Å². The quantitative estimate of drug-likeness (QED) is 0.0472. The number of nitriles is 1. The number of nitrogens with zero attached hydrogens (tertiary/aromatic N) is 1. The summed E-state index contributed by atoms with van der Waals surface area (Å²) in [7, 11) is 0. The minimum Gasteiger partial charge on any atom is -0.464 e. The smallest absolute Gasteiger partial charge is 0.460 e. The second-order valence-electron chi connectivity index (χ2n) is 12.2. The summed E-state index contributed by atoms with van der Waals surface area (Å²) in [4.78, 5) is 12.9. The predicted molar refractivity (Wildman–Crippen MR) is 163 cm³/mol. The third-order valence-corrected chi connectivity index (χ3v) is 10.1. The van der Waals surface area contributed by atoms with Crippen molar-refractivity contribution in [2.45, 2.75) is 145 Å². The molecule has 0 saturated heterocycles. The molecule has 0 heterocycles. The summed E-state index contributed by atoms with van der Waals surface area (Å²) in [6.07, 6.45) is 0.224. The number of carbonyl (C=O) groups is 1. The fourth-order valence-corrected chi connectivity index (χ4v) is 7.67. The molecule has 0 aliphatic heterocycles. The van der Waals surface area contributed by atoms with Crippen LogP contribution in [0.1, 0.15) is 105 Å². The van der Waals surface area contributed by atoms with Crippen LogP contribution < -0.4 is 0 Å². The highest BCUT2D eigenvalue weighted by molar-refractivity contribution is 8.47. The summed E-state index contributed by atoms with van der Waals surface area (Å²) in [6, 6.07) is 1.88. The molecule has 0 aromatic carbocycles. The highest BCUT2D eigenvalue weighted by Crippen LogP contribution is 2.60. The van der Waals surface area contributed by atoms with E-state index in [9.17, 15) is 67.1 Å². The lowest BCUT2D eigenvalue weighted by Crippen LogP contribution is -2.70. The summed E-state index contributed by atoms with van der Waals surface area (Å²) in [5.74, 6) is -38.5. The summed E-state index contributed by atoms with van der Waals surface area (Å²) in [5, 5.41) is 9.42. The van der Waals surface area contributed by atoms with Crippen molar-refractivity contribution in [2.24, 2.45) is 5.41 Å². The minimum atomic E-state index is -8.01. The number of hydrogen-bond donors (Lipinski definition) is 0. The number of hydrogen-bond acceptors (Lipinski definition) is 6. The fourth-order valence-electron chi connectivity index (χ4n) is 4.37. The summed E-state index contributed by atoms with van der Waals surface area (Å²) in [5.41, 5.74) is -1.29. The minimum absolute atomic E-state index is 0.156. The van der Waals surface area contributed by atoms with E-state index in [-0.39, 0.29) is 9.95 Å². The number of thioether (sulfide) groups is 2. The molecule has 3 nitrogen and oxygen atoms in total. The van der Waals surface area contributed by atoms with Gasteiger partial charge in [-0.05, 0) is 39.4 Å². The molecule has 48 heavy (non-hydrogen) atoms. The average Bonchev–Trinajstić information content (AvgIpc) is 2.94. The van der Waals surface area contributed by atoms with Crippen molar-refractivity contribution in [3.8, 4) is 6.07 Å². The Morgan fingerprint density at radius 2 is 1.15 bits per heavy atom. The van der Waals surface area contributed by atoms with Gasteiger partial charge < -0.3 is 4.74 Å². The van der Waals surface area contributed by atoms with Gasteiger partial charge in [0.2, 0.25) is 0 Å². The zero-order valence-corrected chi connectivity index (χ0v) is 29.3. The van der Waals surface area contributed by atoms with Crippen molar-refractivity contribution in [1.82, 2.24) is 0 Å². The van der Waals surface area contributed by atoms with Crippen LogP contribution in [0.2, 0.25) is 0 Å². The van der Waals surface area contributed by atoms with Gasteiger partial charge in [-0.3, -0.25) is 4.79 Å². The summed E-state index contributed by atoms with van der Waals surface area (Å²) >= 11 is 7.13. The predicted octanol–water partition coefficient (Wildman–Crippen LogP) is 12.0. The average molecular weight is 778 g/mol. The van der Waals surface area contributed by atoms with Crippen molar-refractivity contribution in [3.63, 3.8) is 0 Å². The number of alkyl halides is 13. The van der Waals surface area contributed by atoms with E-state index in [1.807, 2.05) is 6.07 Å². The number of halogens is 13. The van der Waals surface area contributed by atoms with Gasteiger partial charge in [0.05, 0.1) is 24.5 Å². The molecular formula is C29H40F13NO2S3. The van der Waals surface area contributed by atoms with Crippen LogP contribution in [0.25, 0.3) is 0 Å². The molecule has 282 valence electrons. The van der Waals surface area contributed by atoms with E-state index in [2.05, 4.69) is 11.7 Å². The van der Waals surface area contributed by atoms with Crippen LogP contribution in [0.5, 0.6) is 0 Å². The van der Waals surface area contributed by atoms with E-state index < -0.39 is 64.9 Å². The highest BCUT2D eigenvalue weighted by atomic mass is 32.2. The molecule has 19 heteroatoms. The molecule has 0 aromatic heterocycles. The van der Waals surface area contributed by atoms with E-state index in [0.29, 0.717) is 17.5 Å². The Kier molecular flexibility index (Phi) is 17.9. The topological polar surface area (TPSA) is 50.1 Å². The molecule has 0 rings (SSSR count). The Morgan fingerprint density at radius 3 is 1.58 bits per heavy atom. The first kappa shape index (κ1) is 46.8. The van der Waals surface area contributed by atoms with E-state index in [1.54, 1.807) is 0 Å². The summed E-state index contributed by atoms with van der Waals surface area (Å²) < 4.78 is 177. The van der Waals surface area contributed by atoms with Crippen LogP contribution in [0.3, 0.4) is 0 Å². The Bertz CT molecular complexity index is 1080. The van der Waals surface area contributed by atoms with Crippen molar-refractivity contribution in [2.75, 3.05) is 12.4 Å². The molecule has 0 bridgehead atoms. The standard InChI is InChI=1S/C29H40F13NO2S3/c1-5-6-7-8-9-10-11-12-13-14-17-47-21(46)48-23(4,18-22(2,3)19-43)20(44)45-16-15-24(30,31)25(32,33)26(34,35)27(36,37)28(38,39)29(40,41)42/h5-18H2,1-4H3. The van der Waals surface area contributed by atoms with E-state index in [4.69, 9.17) is 12.2 Å². The molecule has 1 unspecified atom stereocenters. The first-order valence-electron chi connectivity index (χ1n) is 15.0. The number of ether oxygens (including phenoxy) is 1. The third kappa shape index (κ3) is 12.3. The van der Waals surface area contributed by atoms with Crippen LogP contribution in [-0.2, 0) is 9.53 Å². The molecule has 0 aliphatic rings. The Labute approximate surface area is 285 Å². The molecule has 0 aliphatic carbocycles. The second kappa shape index (κ2) is 18.4. The Hall–Kier alpha value is -1.16. The Morgan fingerprint density at radius 1 is 0.708 bits per heavy atom. The maximum atomic E-state index is 14.2. The lowest BCUT2D eigenvalue weighted by atomic mass is 9.84. The second-order valence-corrected chi connectivity index (χ2v) is 16.0. The number of carbonyl (C=O) groups excluding carboxylic acids is 1. The van der Waals surface area contributed by atoms with Gasteiger partial charge in [0, 0.05) is 0 Å². The van der Waals surface area contributed by atoms with Gasteiger partial charge in [0.1, 0.15) is 8.28 Å². The van der Waals surface area contributed by atoms with Gasteiger partial charge in [0.25, 0.3) is 0 Å². The van der Waals surface area contributed by atoms with Gasteiger partial charge in [-0.2, -0.15) is 62.3 Å². The zero-order valence-electron chi connectivity index (χ0n) is 26.8. The van der Waals surface area contributed by atoms with Gasteiger partial charge in [0.15, 0.2) is 0 Å². The molecule has 0 spiro atoms. The van der Waals surface area contributed by atoms with Crippen molar-refractivity contribution in [1.29, 1.82) is 5.26 Å². The maximum Gasteiger partial charge on any atom is 0.460 e. The molecule has 0 N–H and O–H groups in total. The molecule has 1 atom stereocenters. The van der Waals surface area contributed by atoms with Crippen molar-refractivity contribution >= 4 is 45.2 Å². The lowest BCUT2D eigenvalue weighted by Gasteiger charge is -2.39. The van der Waals surface area contributed by atoms with Crippen LogP contribution in [-0.4, -0.2) is 62.4 Å². The van der Waals surface area contributed by atoms with Crippen LogP contribution in [0.15, 0.2) is 0 Å². The number of rotatable bonds is 22. The SMILES string of the molecule is CCCCCCCCCCCCSC(=S)SC(C)(CC(C)(C)C#N)C(=O)OCCC(F)(F)C(F)(F)C(F)(F)C(F)(F)C(F)(F)C(F)(F)F. The normalized spacial score (nSPS) is 15.2. The largest absolute Gasteiger partial charge is 0.464 e. The van der Waals surface area contributed by atoms with E-state index in [1.165, 1.54) is 40.0 Å². The Balaban J connectivity index is 5.45. The molecule has 0 fully saturated rings. The van der Waals surface area contributed by atoms with E-state index in [0.717, 1.165) is 56.7 Å². The first-order valence-corrected chi connectivity index (χ1v) is 17.2. The molecule has 0 saturated carbocycles. The molecule has 0 aromatic rings. The number of thiocarbonyl (C=S) groups is 1. The highest BCUT2D eigenvalue weighted by Gasteiger charge is 2.90. The molecular weight excluding hydrogens is 737 g/mol.